The van der Waals surface area contributed by atoms with Gasteiger partial charge in [0.2, 0.25) is 5.91 Å². The van der Waals surface area contributed by atoms with Crippen LogP contribution >= 0.6 is 11.6 Å². The topological polar surface area (TPSA) is 75.4 Å². The highest BCUT2D eigenvalue weighted by molar-refractivity contribution is 6.31. The molecule has 0 radical (unpaired) electrons. The summed E-state index contributed by atoms with van der Waals surface area (Å²) in [7, 11) is 0. The van der Waals surface area contributed by atoms with E-state index in [0.29, 0.717) is 22.8 Å². The molecule has 4 rings (SSSR count). The molecule has 30 heavy (non-hydrogen) atoms. The van der Waals surface area contributed by atoms with E-state index in [4.69, 9.17) is 17.3 Å². The number of nitrogens with one attached hydrogen (secondary N) is 1. The first kappa shape index (κ1) is 20.9. The molecule has 3 N–H and O–H groups in total. The molecule has 2 saturated carbocycles. The lowest BCUT2D eigenvalue weighted by atomic mass is 9.89. The van der Waals surface area contributed by atoms with Gasteiger partial charge in [0, 0.05) is 40.8 Å². The van der Waals surface area contributed by atoms with Gasteiger partial charge in [-0.05, 0) is 61.6 Å². The second kappa shape index (κ2) is 9.19. The number of benzene rings is 2. The van der Waals surface area contributed by atoms with Crippen molar-refractivity contribution in [3.8, 4) is 0 Å². The number of carbonyl (C=O) groups excluding carboxylic acids is 2. The summed E-state index contributed by atoms with van der Waals surface area (Å²) in [4.78, 5) is 27.5. The molecule has 0 saturated heterocycles. The number of hydrogen-bond donors (Lipinski definition) is 2. The van der Waals surface area contributed by atoms with Crippen molar-refractivity contribution < 1.29 is 9.59 Å². The smallest absolute Gasteiger partial charge is 0.255 e. The number of nitrogens with zero attached hydrogens (tertiary/aromatic N) is 1. The van der Waals surface area contributed by atoms with Crippen molar-refractivity contribution in [2.75, 3.05) is 5.32 Å². The summed E-state index contributed by atoms with van der Waals surface area (Å²) in [6.07, 6.45) is 6.00. The van der Waals surface area contributed by atoms with Gasteiger partial charge in [-0.25, -0.2) is 0 Å². The molecule has 0 aliphatic heterocycles. The second-order valence-electron chi connectivity index (χ2n) is 8.38. The van der Waals surface area contributed by atoms with Gasteiger partial charge in [-0.1, -0.05) is 42.6 Å². The van der Waals surface area contributed by atoms with Gasteiger partial charge in [0.15, 0.2) is 0 Å². The van der Waals surface area contributed by atoms with Crippen molar-refractivity contribution in [2.45, 2.75) is 57.2 Å². The Morgan fingerprint density at radius 1 is 1.03 bits per heavy atom. The fraction of sp³-hybridized carbons (Fsp3) is 0.417. The summed E-state index contributed by atoms with van der Waals surface area (Å²) in [5, 5.41) is 3.51. The summed E-state index contributed by atoms with van der Waals surface area (Å²) in [6.45, 7) is 0.418. The number of anilines is 1. The molecule has 2 atom stereocenters. The quantitative estimate of drug-likeness (QED) is 0.710. The van der Waals surface area contributed by atoms with Crippen molar-refractivity contribution in [1.29, 1.82) is 0 Å². The molecular formula is C24H28ClN3O2. The zero-order valence-corrected chi connectivity index (χ0v) is 17.8. The lowest BCUT2D eigenvalue weighted by Crippen LogP contribution is -2.52. The molecular weight excluding hydrogens is 398 g/mol. The number of halogens is 1. The van der Waals surface area contributed by atoms with Crippen molar-refractivity contribution >= 4 is 29.1 Å². The molecule has 0 bridgehead atoms. The van der Waals surface area contributed by atoms with Crippen LogP contribution in [0.15, 0.2) is 48.5 Å². The van der Waals surface area contributed by atoms with Crippen LogP contribution < -0.4 is 11.1 Å². The zero-order chi connectivity index (χ0) is 21.1. The highest BCUT2D eigenvalue weighted by Gasteiger charge is 2.38. The van der Waals surface area contributed by atoms with E-state index >= 15 is 0 Å². The molecule has 5 nitrogen and oxygen atoms in total. The number of carbonyl (C=O) groups is 2. The number of rotatable bonds is 6. The van der Waals surface area contributed by atoms with E-state index in [2.05, 4.69) is 5.32 Å². The van der Waals surface area contributed by atoms with Crippen LogP contribution in [0, 0.1) is 5.92 Å². The van der Waals surface area contributed by atoms with E-state index in [-0.39, 0.29) is 29.8 Å². The number of hydrogen-bond acceptors (Lipinski definition) is 3. The normalized spacial score (nSPS) is 21.1. The Kier molecular flexibility index (Phi) is 6.40. The summed E-state index contributed by atoms with van der Waals surface area (Å²) in [5.74, 6) is 0.134. The Bertz CT molecular complexity index is 914. The molecule has 2 amide bonds. The first-order valence-electron chi connectivity index (χ1n) is 10.7. The molecule has 2 fully saturated rings. The van der Waals surface area contributed by atoms with Crippen LogP contribution in [0.5, 0.6) is 0 Å². The van der Waals surface area contributed by atoms with Gasteiger partial charge in [-0.3, -0.25) is 9.59 Å². The van der Waals surface area contributed by atoms with E-state index in [0.717, 1.165) is 44.1 Å². The molecule has 2 unspecified atom stereocenters. The third-order valence-electron chi connectivity index (χ3n) is 6.07. The average molecular weight is 426 g/mol. The SMILES string of the molecule is NC1CCCCC1N(Cc1cc(NC(=O)c2ccccc2)ccc1Cl)C(=O)C1CC1. The minimum Gasteiger partial charge on any atom is -0.334 e. The first-order valence-corrected chi connectivity index (χ1v) is 11.1. The molecule has 0 spiro atoms. The minimum atomic E-state index is -0.177. The lowest BCUT2D eigenvalue weighted by molar-refractivity contribution is -0.136. The second-order valence-corrected chi connectivity index (χ2v) is 8.79. The predicted molar refractivity (Wildman–Crippen MR) is 119 cm³/mol. The van der Waals surface area contributed by atoms with Gasteiger partial charge in [-0.2, -0.15) is 0 Å². The summed E-state index contributed by atoms with van der Waals surface area (Å²) in [5.41, 5.74) is 8.49. The monoisotopic (exact) mass is 425 g/mol. The van der Waals surface area contributed by atoms with E-state index < -0.39 is 0 Å². The van der Waals surface area contributed by atoms with E-state index in [1.165, 1.54) is 0 Å². The minimum absolute atomic E-state index is 0.00110. The lowest BCUT2D eigenvalue weighted by Gasteiger charge is -2.39. The van der Waals surface area contributed by atoms with Crippen LogP contribution in [0.1, 0.15) is 54.4 Å². The number of amides is 2. The predicted octanol–water partition coefficient (Wildman–Crippen LogP) is 4.60. The van der Waals surface area contributed by atoms with Crippen molar-refractivity contribution in [1.82, 2.24) is 4.90 Å². The maximum Gasteiger partial charge on any atom is 0.255 e. The Morgan fingerprint density at radius 3 is 2.47 bits per heavy atom. The average Bonchev–Trinajstić information content (AvgIpc) is 3.60. The van der Waals surface area contributed by atoms with Gasteiger partial charge in [0.1, 0.15) is 0 Å². The van der Waals surface area contributed by atoms with Crippen LogP contribution in [-0.4, -0.2) is 28.8 Å². The third-order valence-corrected chi connectivity index (χ3v) is 6.44. The van der Waals surface area contributed by atoms with Gasteiger partial charge in [-0.15, -0.1) is 0 Å². The van der Waals surface area contributed by atoms with Gasteiger partial charge >= 0.3 is 0 Å². The van der Waals surface area contributed by atoms with Crippen LogP contribution in [0.4, 0.5) is 5.69 Å². The Hall–Kier alpha value is -2.37. The maximum atomic E-state index is 13.1. The van der Waals surface area contributed by atoms with Gasteiger partial charge in [0.25, 0.3) is 5.91 Å². The van der Waals surface area contributed by atoms with E-state index in [9.17, 15) is 9.59 Å². The highest BCUT2D eigenvalue weighted by Crippen LogP contribution is 2.35. The van der Waals surface area contributed by atoms with E-state index in [1.807, 2.05) is 29.2 Å². The van der Waals surface area contributed by atoms with Crippen LogP contribution in [0.2, 0.25) is 5.02 Å². The standard InChI is InChI=1S/C24H28ClN3O2/c25-20-13-12-19(27-23(29)16-6-2-1-3-7-16)14-18(20)15-28(24(30)17-10-11-17)22-9-5-4-8-21(22)26/h1-3,6-7,12-14,17,21-22H,4-5,8-11,15,26H2,(H,27,29). The molecule has 6 heteroatoms. The summed E-state index contributed by atoms with van der Waals surface area (Å²) < 4.78 is 0. The first-order chi connectivity index (χ1) is 14.5. The fourth-order valence-electron chi connectivity index (χ4n) is 4.20. The third kappa shape index (κ3) is 4.85. The van der Waals surface area contributed by atoms with E-state index in [1.54, 1.807) is 24.3 Å². The van der Waals surface area contributed by atoms with Crippen molar-refractivity contribution in [2.24, 2.45) is 11.7 Å². The van der Waals surface area contributed by atoms with Crippen LogP contribution in [0.3, 0.4) is 0 Å². The fourth-order valence-corrected chi connectivity index (χ4v) is 4.38. The van der Waals surface area contributed by atoms with Crippen molar-refractivity contribution in [3.05, 3.63) is 64.7 Å². The molecule has 0 aromatic heterocycles. The summed E-state index contributed by atoms with van der Waals surface area (Å²) in [6, 6.07) is 14.5. The molecule has 2 aromatic rings. The summed E-state index contributed by atoms with van der Waals surface area (Å²) >= 11 is 6.49. The van der Waals surface area contributed by atoms with Gasteiger partial charge in [0.05, 0.1) is 0 Å². The van der Waals surface area contributed by atoms with Crippen LogP contribution in [0.25, 0.3) is 0 Å². The number of nitrogens with two attached hydrogens (primary N) is 1. The van der Waals surface area contributed by atoms with Crippen molar-refractivity contribution in [3.63, 3.8) is 0 Å². The molecule has 0 heterocycles. The zero-order valence-electron chi connectivity index (χ0n) is 17.0. The van der Waals surface area contributed by atoms with Crippen LogP contribution in [-0.2, 0) is 11.3 Å². The molecule has 2 aliphatic carbocycles. The highest BCUT2D eigenvalue weighted by atomic mass is 35.5. The largest absolute Gasteiger partial charge is 0.334 e. The Balaban J connectivity index is 1.54. The Labute approximate surface area is 182 Å². The Morgan fingerprint density at radius 2 is 1.77 bits per heavy atom. The molecule has 2 aliphatic rings. The molecule has 158 valence electrons. The van der Waals surface area contributed by atoms with Gasteiger partial charge < -0.3 is 16.0 Å². The molecule has 2 aromatic carbocycles. The maximum absolute atomic E-state index is 13.1.